The third-order valence-electron chi connectivity index (χ3n) is 3.95. The molecule has 0 atom stereocenters. The minimum atomic E-state index is -3.67. The van der Waals surface area contributed by atoms with Gasteiger partial charge in [0.15, 0.2) is 0 Å². The van der Waals surface area contributed by atoms with Crippen LogP contribution < -0.4 is 15.8 Å². The van der Waals surface area contributed by atoms with Crippen LogP contribution in [-0.2, 0) is 14.8 Å². The zero-order valence-electron chi connectivity index (χ0n) is 15.2. The summed E-state index contributed by atoms with van der Waals surface area (Å²) in [5.41, 5.74) is 7.04. The van der Waals surface area contributed by atoms with Crippen LogP contribution in [0.25, 0.3) is 0 Å². The van der Waals surface area contributed by atoms with Crippen molar-refractivity contribution in [2.24, 2.45) is 5.73 Å². The summed E-state index contributed by atoms with van der Waals surface area (Å²) in [4.78, 5) is 23.1. The first-order valence-electron chi connectivity index (χ1n) is 8.48. The predicted octanol–water partition coefficient (Wildman–Crippen LogP) is 2.22. The summed E-state index contributed by atoms with van der Waals surface area (Å²) in [6, 6.07) is 12.8. The molecule has 0 unspecified atom stereocenters. The van der Waals surface area contributed by atoms with Crippen LogP contribution in [0, 0.1) is 0 Å². The van der Waals surface area contributed by atoms with Crippen molar-refractivity contribution in [3.63, 3.8) is 0 Å². The molecule has 2 amide bonds. The van der Waals surface area contributed by atoms with Gasteiger partial charge in [0, 0.05) is 24.2 Å². The summed E-state index contributed by atoms with van der Waals surface area (Å²) in [6.45, 7) is 4.03. The second kappa shape index (κ2) is 8.79. The van der Waals surface area contributed by atoms with E-state index in [2.05, 4.69) is 10.0 Å². The van der Waals surface area contributed by atoms with Crippen LogP contribution in [0.2, 0.25) is 0 Å². The van der Waals surface area contributed by atoms with Crippen molar-refractivity contribution < 1.29 is 18.0 Å². The van der Waals surface area contributed by atoms with Crippen LogP contribution >= 0.6 is 0 Å². The van der Waals surface area contributed by atoms with Gasteiger partial charge in [-0.15, -0.1) is 0 Å². The minimum absolute atomic E-state index is 0.0269. The van der Waals surface area contributed by atoms with Gasteiger partial charge in [-0.2, -0.15) is 0 Å². The topological polar surface area (TPSA) is 118 Å². The normalized spacial score (nSPS) is 11.4. The molecular weight excluding hydrogens is 366 g/mol. The van der Waals surface area contributed by atoms with Gasteiger partial charge in [0.25, 0.3) is 0 Å². The first-order chi connectivity index (χ1) is 12.7. The van der Waals surface area contributed by atoms with Crippen LogP contribution in [0.15, 0.2) is 53.4 Å². The second-order valence-electron chi connectivity index (χ2n) is 6.36. The largest absolute Gasteiger partial charge is 0.366 e. The van der Waals surface area contributed by atoms with Crippen LogP contribution in [-0.4, -0.2) is 26.8 Å². The molecule has 27 heavy (non-hydrogen) atoms. The van der Waals surface area contributed by atoms with Gasteiger partial charge in [0.1, 0.15) is 0 Å². The molecule has 0 aliphatic carbocycles. The lowest BCUT2D eigenvalue weighted by atomic mass is 10.0. The number of benzene rings is 2. The monoisotopic (exact) mass is 389 g/mol. The summed E-state index contributed by atoms with van der Waals surface area (Å²) in [5.74, 6) is -0.584. The summed E-state index contributed by atoms with van der Waals surface area (Å²) in [6.07, 6.45) is -0.0269. The molecule has 0 aliphatic heterocycles. The summed E-state index contributed by atoms with van der Waals surface area (Å²) >= 11 is 0. The fraction of sp³-hybridized carbons (Fsp3) is 0.263. The van der Waals surface area contributed by atoms with Crippen molar-refractivity contribution in [3.8, 4) is 0 Å². The Kier molecular flexibility index (Phi) is 6.70. The highest BCUT2D eigenvalue weighted by Gasteiger charge is 2.14. The molecule has 2 aromatic rings. The van der Waals surface area contributed by atoms with Gasteiger partial charge in [0.2, 0.25) is 21.8 Å². The predicted molar refractivity (Wildman–Crippen MR) is 104 cm³/mol. The number of amides is 2. The molecular formula is C19H23N3O4S. The number of nitrogens with two attached hydrogens (primary N) is 1. The van der Waals surface area contributed by atoms with Gasteiger partial charge in [-0.05, 0) is 47.9 Å². The van der Waals surface area contributed by atoms with Gasteiger partial charge in [-0.25, -0.2) is 13.1 Å². The Morgan fingerprint density at radius 1 is 1.00 bits per heavy atom. The van der Waals surface area contributed by atoms with Crippen molar-refractivity contribution >= 4 is 27.5 Å². The number of primary amides is 1. The molecule has 2 rings (SSSR count). The van der Waals surface area contributed by atoms with Gasteiger partial charge in [0.05, 0.1) is 4.90 Å². The number of hydrogen-bond acceptors (Lipinski definition) is 4. The first-order valence-corrected chi connectivity index (χ1v) is 9.96. The Labute approximate surface area is 159 Å². The molecule has 0 radical (unpaired) electrons. The van der Waals surface area contributed by atoms with Gasteiger partial charge in [-0.3, -0.25) is 9.59 Å². The maximum absolute atomic E-state index is 12.3. The average Bonchev–Trinajstić information content (AvgIpc) is 2.62. The van der Waals surface area contributed by atoms with E-state index in [0.29, 0.717) is 17.2 Å². The van der Waals surface area contributed by atoms with E-state index in [1.807, 2.05) is 13.8 Å². The molecule has 0 fully saturated rings. The van der Waals surface area contributed by atoms with E-state index in [1.54, 1.807) is 36.4 Å². The highest BCUT2D eigenvalue weighted by molar-refractivity contribution is 7.89. The molecule has 7 nitrogen and oxygen atoms in total. The standard InChI is InChI=1S/C19H23N3O4S/c1-13(2)14-5-9-17(10-6-14)27(25,26)21-12-11-18(23)22-16-7-3-15(4-8-16)19(20)24/h3-10,13,21H,11-12H2,1-2H3,(H2,20,24)(H,22,23). The highest BCUT2D eigenvalue weighted by atomic mass is 32.2. The van der Waals surface area contributed by atoms with E-state index in [9.17, 15) is 18.0 Å². The van der Waals surface area contributed by atoms with Gasteiger partial charge in [-0.1, -0.05) is 26.0 Å². The maximum atomic E-state index is 12.3. The van der Waals surface area contributed by atoms with Crippen molar-refractivity contribution in [2.45, 2.75) is 31.1 Å². The number of sulfonamides is 1. The molecule has 0 spiro atoms. The first kappa shape index (κ1) is 20.6. The molecule has 4 N–H and O–H groups in total. The Balaban J connectivity index is 1.86. The SMILES string of the molecule is CC(C)c1ccc(S(=O)(=O)NCCC(=O)Nc2ccc(C(N)=O)cc2)cc1. The summed E-state index contributed by atoms with van der Waals surface area (Å²) < 4.78 is 27.0. The molecule has 2 aromatic carbocycles. The van der Waals surface area contributed by atoms with E-state index in [4.69, 9.17) is 5.73 Å². The molecule has 0 bridgehead atoms. The molecule has 144 valence electrons. The second-order valence-corrected chi connectivity index (χ2v) is 8.13. The number of anilines is 1. The highest BCUT2D eigenvalue weighted by Crippen LogP contribution is 2.17. The van der Waals surface area contributed by atoms with Crippen molar-refractivity contribution in [2.75, 3.05) is 11.9 Å². The fourth-order valence-electron chi connectivity index (χ4n) is 2.36. The Bertz CT molecular complexity index is 905. The third kappa shape index (κ3) is 5.90. The van der Waals surface area contributed by atoms with E-state index in [1.165, 1.54) is 12.1 Å². The van der Waals surface area contributed by atoms with Crippen molar-refractivity contribution in [1.82, 2.24) is 4.72 Å². The number of carbonyl (C=O) groups is 2. The summed E-state index contributed by atoms with van der Waals surface area (Å²) in [5, 5.41) is 2.63. The van der Waals surface area contributed by atoms with Crippen molar-refractivity contribution in [3.05, 3.63) is 59.7 Å². The minimum Gasteiger partial charge on any atom is -0.366 e. The maximum Gasteiger partial charge on any atom is 0.248 e. The molecule has 0 aromatic heterocycles. The van der Waals surface area contributed by atoms with Gasteiger partial charge < -0.3 is 11.1 Å². The Morgan fingerprint density at radius 3 is 2.11 bits per heavy atom. The molecule has 0 heterocycles. The fourth-order valence-corrected chi connectivity index (χ4v) is 3.39. The van der Waals surface area contributed by atoms with Crippen molar-refractivity contribution in [1.29, 1.82) is 0 Å². The van der Waals surface area contributed by atoms with Crippen LogP contribution in [0.4, 0.5) is 5.69 Å². The molecule has 0 saturated carbocycles. The zero-order chi connectivity index (χ0) is 20.0. The average molecular weight is 389 g/mol. The zero-order valence-corrected chi connectivity index (χ0v) is 16.0. The quantitative estimate of drug-likeness (QED) is 0.641. The number of rotatable bonds is 8. The number of carbonyl (C=O) groups excluding carboxylic acids is 2. The van der Waals surface area contributed by atoms with E-state index in [0.717, 1.165) is 5.56 Å². The lowest BCUT2D eigenvalue weighted by Gasteiger charge is -2.09. The molecule has 0 aliphatic rings. The lowest BCUT2D eigenvalue weighted by Crippen LogP contribution is -2.27. The van der Waals surface area contributed by atoms with Crippen LogP contribution in [0.1, 0.15) is 42.1 Å². The molecule has 0 saturated heterocycles. The van der Waals surface area contributed by atoms with Gasteiger partial charge >= 0.3 is 0 Å². The third-order valence-corrected chi connectivity index (χ3v) is 5.43. The Morgan fingerprint density at radius 2 is 1.59 bits per heavy atom. The Hall–Kier alpha value is -2.71. The van der Waals surface area contributed by atoms with E-state index in [-0.39, 0.29) is 23.8 Å². The van der Waals surface area contributed by atoms with Crippen LogP contribution in [0.5, 0.6) is 0 Å². The smallest absolute Gasteiger partial charge is 0.248 e. The van der Waals surface area contributed by atoms with E-state index < -0.39 is 15.9 Å². The van der Waals surface area contributed by atoms with Crippen LogP contribution in [0.3, 0.4) is 0 Å². The number of hydrogen-bond donors (Lipinski definition) is 3. The number of nitrogens with one attached hydrogen (secondary N) is 2. The summed E-state index contributed by atoms with van der Waals surface area (Å²) in [7, 11) is -3.67. The lowest BCUT2D eigenvalue weighted by molar-refractivity contribution is -0.116. The molecule has 8 heteroatoms. The van der Waals surface area contributed by atoms with E-state index >= 15 is 0 Å².